The van der Waals surface area contributed by atoms with E-state index in [2.05, 4.69) is 5.32 Å². The molecule has 2 N–H and O–H groups in total. The average Bonchev–Trinajstić information content (AvgIpc) is 2.34. The van der Waals surface area contributed by atoms with Crippen molar-refractivity contribution in [2.24, 2.45) is 5.41 Å². The van der Waals surface area contributed by atoms with Gasteiger partial charge < -0.3 is 15.2 Å². The lowest BCUT2D eigenvalue weighted by molar-refractivity contribution is -0.194. The van der Waals surface area contributed by atoms with Crippen molar-refractivity contribution < 1.29 is 19.4 Å². The first-order chi connectivity index (χ1) is 8.81. The Balaban J connectivity index is 2.78. The number of hydrogen-bond acceptors (Lipinski definition) is 3. The van der Waals surface area contributed by atoms with Crippen LogP contribution in [-0.2, 0) is 14.3 Å². The molecule has 1 amide bonds. The minimum atomic E-state index is -1.20. The Hall–Kier alpha value is -1.10. The molecule has 2 atom stereocenters. The van der Waals surface area contributed by atoms with Crippen molar-refractivity contribution in [1.82, 2.24) is 5.32 Å². The zero-order valence-electron chi connectivity index (χ0n) is 12.3. The van der Waals surface area contributed by atoms with Gasteiger partial charge in [-0.2, -0.15) is 0 Å². The van der Waals surface area contributed by atoms with Gasteiger partial charge in [0.15, 0.2) is 0 Å². The molecule has 0 heterocycles. The van der Waals surface area contributed by atoms with Crippen LogP contribution in [0, 0.1) is 5.41 Å². The van der Waals surface area contributed by atoms with Gasteiger partial charge in [-0.25, -0.2) is 4.79 Å². The molecular weight excluding hydrogens is 246 g/mol. The molecule has 0 radical (unpaired) electrons. The van der Waals surface area contributed by atoms with Crippen molar-refractivity contribution >= 4 is 11.9 Å². The second kappa shape index (κ2) is 5.90. The number of nitrogens with one attached hydrogen (secondary N) is 1. The molecule has 0 aromatic rings. The predicted molar refractivity (Wildman–Crippen MR) is 71.8 cm³/mol. The first-order valence-electron chi connectivity index (χ1n) is 6.97. The first-order valence-corrected chi connectivity index (χ1v) is 6.97. The molecule has 0 bridgehead atoms. The van der Waals surface area contributed by atoms with Crippen LogP contribution in [0.2, 0.25) is 0 Å². The number of rotatable bonds is 7. The number of aliphatic carboxylic acids is 1. The second-order valence-corrected chi connectivity index (χ2v) is 5.73. The minimum Gasteiger partial charge on any atom is -0.479 e. The van der Waals surface area contributed by atoms with Crippen LogP contribution in [0.3, 0.4) is 0 Å². The molecule has 0 spiro atoms. The van der Waals surface area contributed by atoms with Crippen LogP contribution in [0.4, 0.5) is 0 Å². The van der Waals surface area contributed by atoms with Crippen LogP contribution in [0.1, 0.15) is 53.4 Å². The van der Waals surface area contributed by atoms with Crippen molar-refractivity contribution in [2.45, 2.75) is 65.0 Å². The normalized spacial score (nSPS) is 28.5. The van der Waals surface area contributed by atoms with Crippen molar-refractivity contribution in [3.8, 4) is 0 Å². The van der Waals surface area contributed by atoms with Gasteiger partial charge in [-0.15, -0.1) is 0 Å². The topological polar surface area (TPSA) is 75.6 Å². The summed E-state index contributed by atoms with van der Waals surface area (Å²) in [6.07, 6.45) is 2.28. The molecule has 1 rings (SSSR count). The summed E-state index contributed by atoms with van der Waals surface area (Å²) in [6, 6.07) is 0. The van der Waals surface area contributed by atoms with Crippen LogP contribution >= 0.6 is 0 Å². The third-order valence-electron chi connectivity index (χ3n) is 4.24. The Morgan fingerprint density at radius 2 is 2.00 bits per heavy atom. The zero-order chi connectivity index (χ0) is 14.7. The van der Waals surface area contributed by atoms with Gasteiger partial charge in [0, 0.05) is 24.9 Å². The van der Waals surface area contributed by atoms with Crippen molar-refractivity contribution in [3.63, 3.8) is 0 Å². The molecule has 0 aromatic carbocycles. The van der Waals surface area contributed by atoms with E-state index in [0.29, 0.717) is 19.4 Å². The van der Waals surface area contributed by atoms with E-state index in [1.165, 1.54) is 0 Å². The van der Waals surface area contributed by atoms with E-state index < -0.39 is 16.9 Å². The van der Waals surface area contributed by atoms with Crippen molar-refractivity contribution in [2.75, 3.05) is 6.61 Å². The maximum Gasteiger partial charge on any atom is 0.330 e. The second-order valence-electron chi connectivity index (χ2n) is 5.73. The van der Waals surface area contributed by atoms with Gasteiger partial charge in [-0.3, -0.25) is 4.79 Å². The van der Waals surface area contributed by atoms with E-state index in [0.717, 1.165) is 12.8 Å². The number of ether oxygens (including phenoxy) is 1. The number of hydrogen-bond donors (Lipinski definition) is 2. The van der Waals surface area contributed by atoms with Crippen LogP contribution in [0.15, 0.2) is 0 Å². The molecule has 1 aliphatic carbocycles. The maximum atomic E-state index is 11.9. The Bertz CT molecular complexity index is 353. The van der Waals surface area contributed by atoms with E-state index in [9.17, 15) is 14.7 Å². The third-order valence-corrected chi connectivity index (χ3v) is 4.24. The van der Waals surface area contributed by atoms with Crippen molar-refractivity contribution in [3.05, 3.63) is 0 Å². The number of carbonyl (C=O) groups is 2. The molecule has 0 saturated heterocycles. The Labute approximate surface area is 114 Å². The molecule has 0 aliphatic heterocycles. The lowest BCUT2D eigenvalue weighted by atomic mass is 9.54. The molecule has 5 nitrogen and oxygen atoms in total. The summed E-state index contributed by atoms with van der Waals surface area (Å²) in [5.41, 5.74) is -1.80. The highest BCUT2D eigenvalue weighted by Gasteiger charge is 2.66. The van der Waals surface area contributed by atoms with E-state index in [1.807, 2.05) is 27.7 Å². The molecule has 110 valence electrons. The summed E-state index contributed by atoms with van der Waals surface area (Å²) in [4.78, 5) is 23.5. The molecule has 5 heteroatoms. The van der Waals surface area contributed by atoms with Gasteiger partial charge in [0.2, 0.25) is 5.91 Å². The van der Waals surface area contributed by atoms with Gasteiger partial charge >= 0.3 is 5.97 Å². The number of unbranched alkanes of at least 4 members (excludes halogenated alkanes) is 1. The van der Waals surface area contributed by atoms with Crippen LogP contribution in [0.25, 0.3) is 0 Å². The Morgan fingerprint density at radius 3 is 2.42 bits per heavy atom. The first kappa shape index (κ1) is 16.0. The van der Waals surface area contributed by atoms with Gasteiger partial charge in [-0.1, -0.05) is 27.2 Å². The highest BCUT2D eigenvalue weighted by atomic mass is 16.5. The van der Waals surface area contributed by atoms with Crippen LogP contribution in [0.5, 0.6) is 0 Å². The van der Waals surface area contributed by atoms with Gasteiger partial charge in [0.05, 0.1) is 6.10 Å². The fourth-order valence-electron chi connectivity index (χ4n) is 2.67. The summed E-state index contributed by atoms with van der Waals surface area (Å²) in [5, 5.41) is 12.2. The lowest BCUT2D eigenvalue weighted by Gasteiger charge is -2.58. The smallest absolute Gasteiger partial charge is 0.330 e. The summed E-state index contributed by atoms with van der Waals surface area (Å²) in [6.45, 7) is 8.11. The number of carboxylic acid groups (broad SMARTS) is 1. The van der Waals surface area contributed by atoms with E-state index in [4.69, 9.17) is 4.74 Å². The van der Waals surface area contributed by atoms with E-state index in [-0.39, 0.29) is 12.0 Å². The maximum absolute atomic E-state index is 11.9. The molecule has 2 unspecified atom stereocenters. The Kier molecular flexibility index (Phi) is 4.96. The summed E-state index contributed by atoms with van der Waals surface area (Å²) in [7, 11) is 0. The minimum absolute atomic E-state index is 0.125. The molecule has 1 saturated carbocycles. The lowest BCUT2D eigenvalue weighted by Crippen LogP contribution is -2.76. The third kappa shape index (κ3) is 2.76. The van der Waals surface area contributed by atoms with Crippen LogP contribution in [-0.4, -0.2) is 35.2 Å². The van der Waals surface area contributed by atoms with Gasteiger partial charge in [-0.05, 0) is 13.3 Å². The quantitative estimate of drug-likeness (QED) is 0.742. The summed E-state index contributed by atoms with van der Waals surface area (Å²) >= 11 is 0. The molecular formula is C14H25NO4. The summed E-state index contributed by atoms with van der Waals surface area (Å²) < 4.78 is 5.55. The standard InChI is InChI=1S/C14H25NO4/c1-5-7-8-11(16)15-14(12(17)18)9-10(19-6-2)13(14,3)4/h10H,5-9H2,1-4H3,(H,15,16)(H,17,18). The number of carbonyl (C=O) groups excluding carboxylic acids is 1. The van der Waals surface area contributed by atoms with Gasteiger partial charge in [0.25, 0.3) is 0 Å². The van der Waals surface area contributed by atoms with Gasteiger partial charge in [0.1, 0.15) is 5.54 Å². The fourth-order valence-corrected chi connectivity index (χ4v) is 2.67. The average molecular weight is 271 g/mol. The van der Waals surface area contributed by atoms with E-state index >= 15 is 0 Å². The molecule has 1 fully saturated rings. The van der Waals surface area contributed by atoms with Crippen molar-refractivity contribution in [1.29, 1.82) is 0 Å². The summed E-state index contributed by atoms with van der Waals surface area (Å²) in [5.74, 6) is -1.16. The molecule has 0 aromatic heterocycles. The molecule has 1 aliphatic rings. The zero-order valence-corrected chi connectivity index (χ0v) is 12.3. The largest absolute Gasteiger partial charge is 0.479 e. The monoisotopic (exact) mass is 271 g/mol. The highest BCUT2D eigenvalue weighted by molar-refractivity contribution is 5.89. The number of amides is 1. The highest BCUT2D eigenvalue weighted by Crippen LogP contribution is 2.51. The fraction of sp³-hybridized carbons (Fsp3) is 0.857. The SMILES string of the molecule is CCCCC(=O)NC1(C(=O)O)CC(OCC)C1(C)C. The predicted octanol–water partition coefficient (Wildman–Crippen LogP) is 1.95. The molecule has 19 heavy (non-hydrogen) atoms. The van der Waals surface area contributed by atoms with Crippen LogP contribution < -0.4 is 5.32 Å². The Morgan fingerprint density at radius 1 is 1.37 bits per heavy atom. The van der Waals surface area contributed by atoms with E-state index in [1.54, 1.807) is 0 Å². The number of carboxylic acids is 1.